The Morgan fingerprint density at radius 2 is 1.70 bits per heavy atom. The molecule has 0 unspecified atom stereocenters. The van der Waals surface area contributed by atoms with Crippen LogP contribution in [0.15, 0.2) is 42.5 Å². The van der Waals surface area contributed by atoms with E-state index in [0.717, 1.165) is 5.75 Å². The number of aryl methyl sites for hydroxylation is 3. The Kier molecular flexibility index (Phi) is 6.28. The van der Waals surface area contributed by atoms with Crippen LogP contribution in [0.3, 0.4) is 0 Å². The van der Waals surface area contributed by atoms with Crippen molar-refractivity contribution in [2.45, 2.75) is 39.5 Å². The maximum Gasteiger partial charge on any atom is 0.230 e. The molecule has 2 rings (SSSR count). The number of hydrogen-bond acceptors (Lipinski definition) is 2. The van der Waals surface area contributed by atoms with E-state index in [1.165, 1.54) is 27.8 Å². The van der Waals surface area contributed by atoms with Crippen molar-refractivity contribution < 1.29 is 4.79 Å². The first-order valence-electron chi connectivity index (χ1n) is 7.96. The molecule has 3 heteroatoms. The molecule has 0 spiro atoms. The van der Waals surface area contributed by atoms with Gasteiger partial charge in [-0.1, -0.05) is 42.5 Å². The van der Waals surface area contributed by atoms with Gasteiger partial charge in [0.1, 0.15) is 0 Å². The second kappa shape index (κ2) is 8.21. The molecule has 1 N–H and O–H groups in total. The molecule has 23 heavy (non-hydrogen) atoms. The van der Waals surface area contributed by atoms with Crippen molar-refractivity contribution in [3.8, 4) is 0 Å². The smallest absolute Gasteiger partial charge is 0.230 e. The molecule has 122 valence electrons. The van der Waals surface area contributed by atoms with Crippen LogP contribution in [-0.4, -0.2) is 11.7 Å². The van der Waals surface area contributed by atoms with Crippen LogP contribution in [0, 0.1) is 20.8 Å². The zero-order valence-electron chi connectivity index (χ0n) is 14.3. The molecule has 0 fully saturated rings. The lowest BCUT2D eigenvalue weighted by Gasteiger charge is -2.18. The lowest BCUT2D eigenvalue weighted by atomic mass is 9.96. The van der Waals surface area contributed by atoms with Crippen molar-refractivity contribution in [3.05, 3.63) is 70.3 Å². The van der Waals surface area contributed by atoms with Crippen LogP contribution >= 0.6 is 11.8 Å². The summed E-state index contributed by atoms with van der Waals surface area (Å²) >= 11 is 1.65. The van der Waals surface area contributed by atoms with Crippen LogP contribution < -0.4 is 5.32 Å². The van der Waals surface area contributed by atoms with Gasteiger partial charge in [-0.2, -0.15) is 0 Å². The number of benzene rings is 2. The second-order valence-electron chi connectivity index (χ2n) is 6.06. The lowest BCUT2D eigenvalue weighted by Crippen LogP contribution is -2.28. The largest absolute Gasteiger partial charge is 0.349 e. The monoisotopic (exact) mass is 327 g/mol. The van der Waals surface area contributed by atoms with Crippen LogP contribution in [0.5, 0.6) is 0 Å². The molecule has 2 aromatic rings. The first-order valence-corrected chi connectivity index (χ1v) is 9.11. The van der Waals surface area contributed by atoms with E-state index in [-0.39, 0.29) is 11.9 Å². The van der Waals surface area contributed by atoms with E-state index >= 15 is 0 Å². The molecule has 0 radical (unpaired) electrons. The standard InChI is InChI=1S/C20H25NOS/c1-14-10-16(3)19(11-15(14)2)17(4)21-20(22)13-23-12-18-8-6-5-7-9-18/h5-11,17H,12-13H2,1-4H3,(H,21,22)/t17-/m1/s1. The Hall–Kier alpha value is -1.74. The normalized spacial score (nSPS) is 12.0. The highest BCUT2D eigenvalue weighted by atomic mass is 32.2. The van der Waals surface area contributed by atoms with Gasteiger partial charge in [-0.25, -0.2) is 0 Å². The van der Waals surface area contributed by atoms with Gasteiger partial charge in [0.25, 0.3) is 0 Å². The van der Waals surface area contributed by atoms with Crippen molar-refractivity contribution in [2.24, 2.45) is 0 Å². The number of amides is 1. The number of carbonyl (C=O) groups is 1. The molecule has 0 saturated carbocycles. The van der Waals surface area contributed by atoms with E-state index in [9.17, 15) is 4.79 Å². The topological polar surface area (TPSA) is 29.1 Å². The Morgan fingerprint density at radius 1 is 1.04 bits per heavy atom. The third kappa shape index (κ3) is 5.14. The fourth-order valence-electron chi connectivity index (χ4n) is 2.65. The summed E-state index contributed by atoms with van der Waals surface area (Å²) in [7, 11) is 0. The van der Waals surface area contributed by atoms with Crippen molar-refractivity contribution in [1.82, 2.24) is 5.32 Å². The highest BCUT2D eigenvalue weighted by Crippen LogP contribution is 2.22. The third-order valence-electron chi connectivity index (χ3n) is 4.07. The van der Waals surface area contributed by atoms with Crippen molar-refractivity contribution in [2.75, 3.05) is 5.75 Å². The van der Waals surface area contributed by atoms with Gasteiger partial charge < -0.3 is 5.32 Å². The van der Waals surface area contributed by atoms with E-state index in [1.807, 2.05) is 18.2 Å². The summed E-state index contributed by atoms with van der Waals surface area (Å²) in [6.45, 7) is 8.39. The zero-order valence-corrected chi connectivity index (χ0v) is 15.2. The summed E-state index contributed by atoms with van der Waals surface area (Å²) in [5.41, 5.74) is 6.25. The molecule has 0 aliphatic carbocycles. The molecule has 1 atom stereocenters. The minimum Gasteiger partial charge on any atom is -0.349 e. The highest BCUT2D eigenvalue weighted by Gasteiger charge is 2.13. The first kappa shape index (κ1) is 17.6. The predicted octanol–water partition coefficient (Wildman–Crippen LogP) is 4.72. The quantitative estimate of drug-likeness (QED) is 0.831. The van der Waals surface area contributed by atoms with E-state index in [4.69, 9.17) is 0 Å². The minimum absolute atomic E-state index is 0.0409. The van der Waals surface area contributed by atoms with E-state index < -0.39 is 0 Å². The van der Waals surface area contributed by atoms with Gasteiger partial charge in [-0.05, 0) is 55.5 Å². The maximum absolute atomic E-state index is 12.1. The average molecular weight is 327 g/mol. The van der Waals surface area contributed by atoms with Crippen LogP contribution in [0.4, 0.5) is 0 Å². The van der Waals surface area contributed by atoms with Gasteiger partial charge in [-0.3, -0.25) is 4.79 Å². The van der Waals surface area contributed by atoms with E-state index in [0.29, 0.717) is 5.75 Å². The number of carbonyl (C=O) groups excluding carboxylic acids is 1. The number of hydrogen-bond donors (Lipinski definition) is 1. The molecule has 2 aromatic carbocycles. The van der Waals surface area contributed by atoms with E-state index in [1.54, 1.807) is 11.8 Å². The molecule has 0 aliphatic heterocycles. The summed E-state index contributed by atoms with van der Waals surface area (Å²) < 4.78 is 0. The number of rotatable bonds is 6. The summed E-state index contributed by atoms with van der Waals surface area (Å²) in [6, 6.07) is 14.7. The van der Waals surface area contributed by atoms with Crippen molar-refractivity contribution >= 4 is 17.7 Å². The van der Waals surface area contributed by atoms with Crippen LogP contribution in [0.25, 0.3) is 0 Å². The Balaban J connectivity index is 1.86. The molecule has 1 amide bonds. The minimum atomic E-state index is 0.0409. The van der Waals surface area contributed by atoms with Gasteiger partial charge in [0.05, 0.1) is 11.8 Å². The van der Waals surface area contributed by atoms with Gasteiger partial charge in [0.15, 0.2) is 0 Å². The number of nitrogens with one attached hydrogen (secondary N) is 1. The zero-order chi connectivity index (χ0) is 16.8. The first-order chi connectivity index (χ1) is 11.0. The molecular formula is C20H25NOS. The maximum atomic E-state index is 12.1. The lowest BCUT2D eigenvalue weighted by molar-refractivity contribution is -0.119. The van der Waals surface area contributed by atoms with Gasteiger partial charge in [0.2, 0.25) is 5.91 Å². The van der Waals surface area contributed by atoms with E-state index in [2.05, 4.69) is 57.3 Å². The number of thioether (sulfide) groups is 1. The van der Waals surface area contributed by atoms with Gasteiger partial charge in [0, 0.05) is 5.75 Å². The molecule has 0 aliphatic rings. The average Bonchev–Trinajstić information content (AvgIpc) is 2.51. The van der Waals surface area contributed by atoms with Crippen LogP contribution in [0.1, 0.15) is 40.8 Å². The molecule has 0 aromatic heterocycles. The molecule has 0 heterocycles. The fourth-order valence-corrected chi connectivity index (χ4v) is 3.45. The summed E-state index contributed by atoms with van der Waals surface area (Å²) in [5, 5.41) is 3.11. The Bertz CT molecular complexity index is 667. The Labute approximate surface area is 143 Å². The van der Waals surface area contributed by atoms with Crippen LogP contribution in [0.2, 0.25) is 0 Å². The predicted molar refractivity (Wildman–Crippen MR) is 99.8 cm³/mol. The second-order valence-corrected chi connectivity index (χ2v) is 7.05. The van der Waals surface area contributed by atoms with Crippen molar-refractivity contribution in [1.29, 1.82) is 0 Å². The molecule has 0 bridgehead atoms. The summed E-state index contributed by atoms with van der Waals surface area (Å²) in [6.07, 6.45) is 0. The van der Waals surface area contributed by atoms with Crippen LogP contribution in [-0.2, 0) is 10.5 Å². The summed E-state index contributed by atoms with van der Waals surface area (Å²) in [4.78, 5) is 12.1. The molecule has 0 saturated heterocycles. The SMILES string of the molecule is Cc1cc(C)c([C@@H](C)NC(=O)CSCc2ccccc2)cc1C. The molecule has 2 nitrogen and oxygen atoms in total. The third-order valence-corrected chi connectivity index (χ3v) is 5.07. The summed E-state index contributed by atoms with van der Waals surface area (Å²) in [5.74, 6) is 1.45. The van der Waals surface area contributed by atoms with Gasteiger partial charge in [-0.15, -0.1) is 11.8 Å². The van der Waals surface area contributed by atoms with Gasteiger partial charge >= 0.3 is 0 Å². The molecular weight excluding hydrogens is 302 g/mol. The highest BCUT2D eigenvalue weighted by molar-refractivity contribution is 7.99. The Morgan fingerprint density at radius 3 is 2.39 bits per heavy atom. The van der Waals surface area contributed by atoms with Crippen molar-refractivity contribution in [3.63, 3.8) is 0 Å². The fraction of sp³-hybridized carbons (Fsp3) is 0.350.